The molecule has 0 aromatic carbocycles. The van der Waals surface area contributed by atoms with Gasteiger partial charge < -0.3 is 25.7 Å². The Kier molecular flexibility index (Phi) is 7.15. The molecule has 2 aliphatic heterocycles. The van der Waals surface area contributed by atoms with Crippen LogP contribution in [0.15, 0.2) is 34.0 Å². The number of nitrogens with one attached hydrogen (secondary N) is 1. The Hall–Kier alpha value is -3.39. The highest BCUT2D eigenvalue weighted by molar-refractivity contribution is 8.00. The molecule has 2 amide bonds. The van der Waals surface area contributed by atoms with Gasteiger partial charge in [0, 0.05) is 18.1 Å². The molecule has 1 saturated heterocycles. The number of thioether (sulfide) groups is 1. The molecule has 0 unspecified atom stereocenters. The number of thiazole rings is 1. The standard InChI is InChI=1S/C18H19N5O7S2/c1-3-4-9-5-31-16-12(21-14(25)11(22-28)10-6-32-18(19)20-10)15(26)23(16)13(9)17(27)30-7-29-8(2)24/h3-4,6,12,16,28H,5,7H2,1-2H3,(H2,19,20)(H,21,25)/b4-3+,22-11-/t12-,16+/m1/s1. The molecule has 3 rings (SSSR count). The Balaban J connectivity index is 1.76. The van der Waals surface area contributed by atoms with Crippen LogP contribution in [0.3, 0.4) is 0 Å². The second kappa shape index (κ2) is 9.82. The minimum Gasteiger partial charge on any atom is -0.428 e. The van der Waals surface area contributed by atoms with E-state index in [1.165, 1.54) is 29.0 Å². The highest BCUT2D eigenvalue weighted by atomic mass is 32.2. The molecular formula is C18H19N5O7S2. The Morgan fingerprint density at radius 1 is 1.44 bits per heavy atom. The van der Waals surface area contributed by atoms with Crippen LogP contribution in [0.2, 0.25) is 0 Å². The molecule has 1 aromatic rings. The fourth-order valence-electron chi connectivity index (χ4n) is 3.01. The number of hydrogen-bond acceptors (Lipinski definition) is 12. The van der Waals surface area contributed by atoms with Crippen LogP contribution in [0.25, 0.3) is 0 Å². The van der Waals surface area contributed by atoms with Gasteiger partial charge in [-0.2, -0.15) is 0 Å². The van der Waals surface area contributed by atoms with Gasteiger partial charge in [0.2, 0.25) is 6.79 Å². The number of rotatable bonds is 7. The van der Waals surface area contributed by atoms with Crippen LogP contribution < -0.4 is 11.1 Å². The number of allylic oxidation sites excluding steroid dienone is 2. The fraction of sp³-hybridized carbons (Fsp3) is 0.333. The molecule has 4 N–H and O–H groups in total. The zero-order valence-corrected chi connectivity index (χ0v) is 18.6. The van der Waals surface area contributed by atoms with Crippen molar-refractivity contribution >= 4 is 57.7 Å². The number of amides is 2. The van der Waals surface area contributed by atoms with E-state index < -0.39 is 47.7 Å². The van der Waals surface area contributed by atoms with Gasteiger partial charge in [-0.05, 0) is 12.5 Å². The van der Waals surface area contributed by atoms with Gasteiger partial charge in [0.25, 0.3) is 11.8 Å². The topological polar surface area (TPSA) is 174 Å². The number of hydrogen-bond donors (Lipinski definition) is 3. The summed E-state index contributed by atoms with van der Waals surface area (Å²) in [6.07, 6.45) is 3.39. The molecule has 1 fully saturated rings. The Morgan fingerprint density at radius 3 is 2.78 bits per heavy atom. The number of ether oxygens (including phenoxy) is 2. The summed E-state index contributed by atoms with van der Waals surface area (Å²) in [7, 11) is 0. The monoisotopic (exact) mass is 481 g/mol. The van der Waals surface area contributed by atoms with Gasteiger partial charge in [-0.15, -0.1) is 23.1 Å². The lowest BCUT2D eigenvalue weighted by Crippen LogP contribution is -2.71. The molecule has 0 bridgehead atoms. The predicted molar refractivity (Wildman–Crippen MR) is 114 cm³/mol. The van der Waals surface area contributed by atoms with Crippen molar-refractivity contribution in [2.45, 2.75) is 25.3 Å². The molecule has 14 heteroatoms. The van der Waals surface area contributed by atoms with E-state index in [1.54, 1.807) is 19.1 Å². The van der Waals surface area contributed by atoms with Gasteiger partial charge in [0.1, 0.15) is 22.8 Å². The smallest absolute Gasteiger partial charge is 0.358 e. The number of anilines is 1. The molecule has 32 heavy (non-hydrogen) atoms. The van der Waals surface area contributed by atoms with Crippen molar-refractivity contribution < 1.29 is 33.9 Å². The van der Waals surface area contributed by atoms with Crippen LogP contribution in [0.5, 0.6) is 0 Å². The lowest BCUT2D eigenvalue weighted by atomic mass is 10.0. The van der Waals surface area contributed by atoms with Crippen molar-refractivity contribution in [2.75, 3.05) is 18.3 Å². The Morgan fingerprint density at radius 2 is 2.19 bits per heavy atom. The van der Waals surface area contributed by atoms with Crippen LogP contribution in [0.4, 0.5) is 5.13 Å². The minimum atomic E-state index is -0.969. The highest BCUT2D eigenvalue weighted by Gasteiger charge is 2.54. The molecule has 0 radical (unpaired) electrons. The second-order valence-electron chi connectivity index (χ2n) is 6.44. The summed E-state index contributed by atoms with van der Waals surface area (Å²) >= 11 is 2.40. The molecule has 0 aliphatic carbocycles. The first-order valence-corrected chi connectivity index (χ1v) is 11.1. The number of β-lactam (4-membered cyclic amide) rings is 1. The molecule has 2 aliphatic rings. The third-order valence-corrected chi connectivity index (χ3v) is 6.35. The molecule has 3 heterocycles. The molecular weight excluding hydrogens is 462 g/mol. The maximum Gasteiger partial charge on any atom is 0.358 e. The quantitative estimate of drug-likeness (QED) is 0.122. The van der Waals surface area contributed by atoms with Crippen LogP contribution in [0.1, 0.15) is 19.5 Å². The maximum atomic E-state index is 12.8. The van der Waals surface area contributed by atoms with Gasteiger partial charge in [-0.25, -0.2) is 9.78 Å². The summed E-state index contributed by atoms with van der Waals surface area (Å²) in [5.41, 5.74) is 5.78. The zero-order chi connectivity index (χ0) is 23.4. The number of carbonyl (C=O) groups is 4. The van der Waals surface area contributed by atoms with E-state index in [9.17, 15) is 24.4 Å². The van der Waals surface area contributed by atoms with E-state index in [0.29, 0.717) is 11.3 Å². The fourth-order valence-corrected chi connectivity index (χ4v) is 4.88. The minimum absolute atomic E-state index is 0.0119. The van der Waals surface area contributed by atoms with Crippen molar-refractivity contribution in [2.24, 2.45) is 5.16 Å². The third kappa shape index (κ3) is 4.60. The Bertz CT molecular complexity index is 1050. The summed E-state index contributed by atoms with van der Waals surface area (Å²) in [4.78, 5) is 54.0. The number of fused-ring (bicyclic) bond motifs is 1. The lowest BCUT2D eigenvalue weighted by molar-refractivity contribution is -0.166. The number of carbonyl (C=O) groups excluding carboxylic acids is 4. The molecule has 12 nitrogen and oxygen atoms in total. The van der Waals surface area contributed by atoms with Crippen LogP contribution >= 0.6 is 23.1 Å². The average molecular weight is 482 g/mol. The van der Waals surface area contributed by atoms with Crippen LogP contribution in [-0.4, -0.2) is 68.5 Å². The molecule has 170 valence electrons. The molecule has 0 spiro atoms. The van der Waals surface area contributed by atoms with E-state index in [0.717, 1.165) is 11.3 Å². The summed E-state index contributed by atoms with van der Waals surface area (Å²) in [6, 6.07) is -0.969. The number of nitrogens with zero attached hydrogens (tertiary/aromatic N) is 3. The van der Waals surface area contributed by atoms with Crippen molar-refractivity contribution in [3.63, 3.8) is 0 Å². The van der Waals surface area contributed by atoms with E-state index in [1.807, 2.05) is 0 Å². The number of oxime groups is 1. The van der Waals surface area contributed by atoms with Crippen LogP contribution in [-0.2, 0) is 28.7 Å². The second-order valence-corrected chi connectivity index (χ2v) is 8.43. The van der Waals surface area contributed by atoms with Crippen molar-refractivity contribution in [1.29, 1.82) is 0 Å². The molecule has 0 saturated carbocycles. The van der Waals surface area contributed by atoms with Gasteiger partial charge in [-0.3, -0.25) is 19.3 Å². The summed E-state index contributed by atoms with van der Waals surface area (Å²) in [5, 5.41) is 15.7. The summed E-state index contributed by atoms with van der Waals surface area (Å²) in [6.45, 7) is 2.34. The van der Waals surface area contributed by atoms with Gasteiger partial charge in [0.15, 0.2) is 10.8 Å². The predicted octanol–water partition coefficient (Wildman–Crippen LogP) is 0.198. The van der Waals surface area contributed by atoms with Crippen LogP contribution in [0, 0.1) is 0 Å². The summed E-state index contributed by atoms with van der Waals surface area (Å²) in [5.74, 6) is -2.46. The highest BCUT2D eigenvalue weighted by Crippen LogP contribution is 2.41. The van der Waals surface area contributed by atoms with Gasteiger partial charge in [-0.1, -0.05) is 17.3 Å². The van der Waals surface area contributed by atoms with E-state index >= 15 is 0 Å². The lowest BCUT2D eigenvalue weighted by Gasteiger charge is -2.49. The zero-order valence-electron chi connectivity index (χ0n) is 16.9. The molecule has 2 atom stereocenters. The number of nitrogens with two attached hydrogens (primary N) is 1. The first-order chi connectivity index (χ1) is 15.3. The largest absolute Gasteiger partial charge is 0.428 e. The Labute approximate surface area is 190 Å². The van der Waals surface area contributed by atoms with E-state index in [4.69, 9.17) is 10.5 Å². The first kappa shape index (κ1) is 23.3. The van der Waals surface area contributed by atoms with E-state index in [2.05, 4.69) is 20.2 Å². The molecule has 1 aromatic heterocycles. The number of aromatic nitrogens is 1. The first-order valence-electron chi connectivity index (χ1n) is 9.13. The summed E-state index contributed by atoms with van der Waals surface area (Å²) < 4.78 is 9.59. The number of esters is 2. The number of nitrogen functional groups attached to an aromatic ring is 1. The van der Waals surface area contributed by atoms with Crippen molar-refractivity contribution in [3.8, 4) is 0 Å². The van der Waals surface area contributed by atoms with Gasteiger partial charge in [0.05, 0.1) is 0 Å². The normalized spacial score (nSPS) is 20.6. The van der Waals surface area contributed by atoms with Crippen molar-refractivity contribution in [3.05, 3.63) is 34.5 Å². The SMILES string of the molecule is C/C=C/C1=C(C(=O)OCOC(C)=O)N2C(=O)[C@@H](NC(=O)/C(=N\O)c3csc(N)n3)[C@@H]2SC1. The van der Waals surface area contributed by atoms with E-state index in [-0.39, 0.29) is 16.5 Å². The van der Waals surface area contributed by atoms with Gasteiger partial charge >= 0.3 is 11.9 Å². The maximum absolute atomic E-state index is 12.8. The van der Waals surface area contributed by atoms with Crippen molar-refractivity contribution in [1.82, 2.24) is 15.2 Å². The third-order valence-electron chi connectivity index (χ3n) is 4.38. The average Bonchev–Trinajstić information content (AvgIpc) is 3.17.